The van der Waals surface area contributed by atoms with E-state index in [2.05, 4.69) is 10.0 Å². The number of hydrogen-bond acceptors (Lipinski definition) is 7. The largest absolute Gasteiger partial charge is 0.383 e. The highest BCUT2D eigenvalue weighted by atomic mass is 35.5. The SMILES string of the molecule is COCC1(CNS(=O)(=O)c2cccc([N+](=O)[O-])c2C#N)CCCN1.Cl. The van der Waals surface area contributed by atoms with Crippen LogP contribution in [-0.4, -0.2) is 45.7 Å². The maximum absolute atomic E-state index is 12.5. The molecule has 1 heterocycles. The lowest BCUT2D eigenvalue weighted by Crippen LogP contribution is -2.52. The molecule has 0 aliphatic carbocycles. The predicted octanol–water partition coefficient (Wildman–Crippen LogP) is 0.935. The van der Waals surface area contributed by atoms with Crippen molar-refractivity contribution in [3.8, 4) is 6.07 Å². The third-order valence-electron chi connectivity index (χ3n) is 3.96. The van der Waals surface area contributed by atoms with Crippen LogP contribution in [0.1, 0.15) is 18.4 Å². The minimum Gasteiger partial charge on any atom is -0.383 e. The minimum absolute atomic E-state index is 0. The van der Waals surface area contributed by atoms with Crippen molar-refractivity contribution in [1.82, 2.24) is 10.0 Å². The zero-order valence-electron chi connectivity index (χ0n) is 13.5. The van der Waals surface area contributed by atoms with Crippen molar-refractivity contribution in [2.75, 3.05) is 26.8 Å². The third kappa shape index (κ3) is 4.65. The lowest BCUT2D eigenvalue weighted by molar-refractivity contribution is -0.385. The molecular weight excluding hydrogens is 372 g/mol. The quantitative estimate of drug-likeness (QED) is 0.522. The summed E-state index contributed by atoms with van der Waals surface area (Å²) in [5.74, 6) is 0. The van der Waals surface area contributed by atoms with E-state index in [0.29, 0.717) is 6.61 Å². The number of benzene rings is 1. The molecule has 0 aromatic heterocycles. The van der Waals surface area contributed by atoms with Crippen molar-refractivity contribution in [1.29, 1.82) is 5.26 Å². The lowest BCUT2D eigenvalue weighted by Gasteiger charge is -2.28. The normalized spacial score (nSPS) is 19.8. The van der Waals surface area contributed by atoms with Gasteiger partial charge >= 0.3 is 0 Å². The first kappa shape index (κ1) is 21.3. The fourth-order valence-electron chi connectivity index (χ4n) is 2.79. The van der Waals surface area contributed by atoms with Crippen molar-refractivity contribution in [3.63, 3.8) is 0 Å². The van der Waals surface area contributed by atoms with E-state index in [1.54, 1.807) is 6.07 Å². The predicted molar refractivity (Wildman–Crippen MR) is 92.1 cm³/mol. The Morgan fingerprint density at radius 2 is 2.24 bits per heavy atom. The summed E-state index contributed by atoms with van der Waals surface area (Å²) in [5.41, 5.74) is -1.53. The van der Waals surface area contributed by atoms with E-state index in [1.807, 2.05) is 0 Å². The summed E-state index contributed by atoms with van der Waals surface area (Å²) in [4.78, 5) is 9.80. The summed E-state index contributed by atoms with van der Waals surface area (Å²) < 4.78 is 32.7. The highest BCUT2D eigenvalue weighted by Gasteiger charge is 2.35. The molecule has 1 aliphatic rings. The molecule has 11 heteroatoms. The maximum Gasteiger partial charge on any atom is 0.288 e. The fourth-order valence-corrected chi connectivity index (χ4v) is 4.09. The van der Waals surface area contributed by atoms with Crippen LogP contribution < -0.4 is 10.0 Å². The second-order valence-electron chi connectivity index (χ2n) is 5.59. The zero-order chi connectivity index (χ0) is 17.8. The van der Waals surface area contributed by atoms with Gasteiger partial charge in [0.1, 0.15) is 16.5 Å². The van der Waals surface area contributed by atoms with Gasteiger partial charge in [0.2, 0.25) is 10.0 Å². The topological polar surface area (TPSA) is 134 Å². The molecular formula is C14H19ClN4O5S. The Labute approximate surface area is 152 Å². The van der Waals surface area contributed by atoms with E-state index in [-0.39, 0.29) is 19.0 Å². The van der Waals surface area contributed by atoms with Crippen molar-refractivity contribution >= 4 is 28.1 Å². The number of nitrogens with one attached hydrogen (secondary N) is 2. The number of hydrogen-bond donors (Lipinski definition) is 2. The fraction of sp³-hybridized carbons (Fsp3) is 0.500. The number of ether oxygens (including phenoxy) is 1. The van der Waals surface area contributed by atoms with Gasteiger partial charge in [-0.2, -0.15) is 5.26 Å². The molecule has 9 nitrogen and oxygen atoms in total. The van der Waals surface area contributed by atoms with Crippen LogP contribution in [-0.2, 0) is 14.8 Å². The van der Waals surface area contributed by atoms with Crippen LogP contribution in [0.2, 0.25) is 0 Å². The average molecular weight is 391 g/mol. The summed E-state index contributed by atoms with van der Waals surface area (Å²) >= 11 is 0. The van der Waals surface area contributed by atoms with Crippen molar-refractivity contribution < 1.29 is 18.1 Å². The first-order chi connectivity index (χ1) is 11.4. The van der Waals surface area contributed by atoms with Crippen molar-refractivity contribution in [3.05, 3.63) is 33.9 Å². The Hall–Kier alpha value is -1.77. The first-order valence-electron chi connectivity index (χ1n) is 7.26. The van der Waals surface area contributed by atoms with Gasteiger partial charge in [-0.3, -0.25) is 10.1 Å². The van der Waals surface area contributed by atoms with Crippen LogP contribution >= 0.6 is 12.4 Å². The van der Waals surface area contributed by atoms with Crippen LogP contribution in [0.15, 0.2) is 23.1 Å². The molecule has 0 spiro atoms. The molecule has 2 rings (SSSR count). The lowest BCUT2D eigenvalue weighted by atomic mass is 9.99. The van der Waals surface area contributed by atoms with Gasteiger partial charge in [-0.15, -0.1) is 12.4 Å². The number of rotatable bonds is 7. The molecule has 1 fully saturated rings. The molecule has 1 atom stereocenters. The van der Waals surface area contributed by atoms with E-state index in [1.165, 1.54) is 19.2 Å². The van der Waals surface area contributed by atoms with Crippen molar-refractivity contribution in [2.24, 2.45) is 0 Å². The van der Waals surface area contributed by atoms with Gasteiger partial charge in [-0.05, 0) is 25.5 Å². The average Bonchev–Trinajstić information content (AvgIpc) is 3.01. The zero-order valence-corrected chi connectivity index (χ0v) is 15.2. The van der Waals surface area contributed by atoms with Gasteiger partial charge < -0.3 is 10.1 Å². The molecule has 0 bridgehead atoms. The van der Waals surface area contributed by atoms with Gasteiger partial charge in [0.25, 0.3) is 5.69 Å². The molecule has 0 saturated carbocycles. The van der Waals surface area contributed by atoms with E-state index in [9.17, 15) is 18.5 Å². The maximum atomic E-state index is 12.5. The van der Waals surface area contributed by atoms with Crippen LogP contribution in [0.5, 0.6) is 0 Å². The number of nitrogens with zero attached hydrogens (tertiary/aromatic N) is 2. The Morgan fingerprint density at radius 1 is 1.52 bits per heavy atom. The molecule has 1 aliphatic heterocycles. The molecule has 0 amide bonds. The molecule has 2 N–H and O–H groups in total. The van der Waals surface area contributed by atoms with E-state index in [0.717, 1.165) is 25.5 Å². The summed E-state index contributed by atoms with van der Waals surface area (Å²) in [5, 5.41) is 23.4. The molecule has 1 aromatic rings. The molecule has 138 valence electrons. The third-order valence-corrected chi connectivity index (χ3v) is 5.40. The van der Waals surface area contributed by atoms with Crippen LogP contribution in [0, 0.1) is 21.4 Å². The van der Waals surface area contributed by atoms with Gasteiger partial charge in [-0.25, -0.2) is 13.1 Å². The Morgan fingerprint density at radius 3 is 2.76 bits per heavy atom. The molecule has 0 radical (unpaired) electrons. The van der Waals surface area contributed by atoms with Gasteiger partial charge in [-0.1, -0.05) is 6.07 Å². The summed E-state index contributed by atoms with van der Waals surface area (Å²) in [6, 6.07) is 5.13. The number of sulfonamides is 1. The number of methoxy groups -OCH3 is 1. The van der Waals surface area contributed by atoms with E-state index < -0.39 is 36.6 Å². The van der Waals surface area contributed by atoms with Crippen molar-refractivity contribution in [2.45, 2.75) is 23.3 Å². The number of nitriles is 1. The summed E-state index contributed by atoms with van der Waals surface area (Å²) in [7, 11) is -2.54. The van der Waals surface area contributed by atoms with E-state index >= 15 is 0 Å². The highest BCUT2D eigenvalue weighted by molar-refractivity contribution is 7.89. The number of halogens is 1. The Kier molecular flexibility index (Phi) is 7.28. The molecule has 1 aromatic carbocycles. The van der Waals surface area contributed by atoms with Crippen LogP contribution in [0.3, 0.4) is 0 Å². The summed E-state index contributed by atoms with van der Waals surface area (Å²) in [6.45, 7) is 1.15. The van der Waals surface area contributed by atoms with Crippen LogP contribution in [0.4, 0.5) is 5.69 Å². The second-order valence-corrected chi connectivity index (χ2v) is 7.32. The molecule has 1 unspecified atom stereocenters. The standard InChI is InChI=1S/C14H18N4O5S.ClH/c1-23-10-14(6-3-7-16-14)9-17-24(21,22)13-5-2-4-12(18(19)20)11(13)8-15;/h2,4-5,16-17H,3,6-7,9-10H2,1H3;1H. The number of nitro benzene ring substituents is 1. The minimum atomic E-state index is -4.08. The first-order valence-corrected chi connectivity index (χ1v) is 8.75. The van der Waals surface area contributed by atoms with Gasteiger partial charge in [0.05, 0.1) is 17.1 Å². The van der Waals surface area contributed by atoms with E-state index in [4.69, 9.17) is 10.00 Å². The Bertz CT molecular complexity index is 772. The highest BCUT2D eigenvalue weighted by Crippen LogP contribution is 2.26. The molecule has 1 saturated heterocycles. The van der Waals surface area contributed by atoms with Gasteiger partial charge in [0.15, 0.2) is 0 Å². The monoisotopic (exact) mass is 390 g/mol. The van der Waals surface area contributed by atoms with Gasteiger partial charge in [0, 0.05) is 19.7 Å². The molecule has 25 heavy (non-hydrogen) atoms. The second kappa shape index (κ2) is 8.55. The summed E-state index contributed by atoms with van der Waals surface area (Å²) in [6.07, 6.45) is 1.63. The smallest absolute Gasteiger partial charge is 0.288 e. The Balaban J connectivity index is 0.00000312. The van der Waals surface area contributed by atoms with Crippen LogP contribution in [0.25, 0.3) is 0 Å². The number of nitro groups is 1.